The topological polar surface area (TPSA) is 38.1 Å². The van der Waals surface area contributed by atoms with Crippen molar-refractivity contribution in [2.75, 3.05) is 6.54 Å². The molecule has 2 aromatic rings. The highest BCUT2D eigenvalue weighted by Crippen LogP contribution is 2.34. The molecule has 1 aliphatic rings. The lowest BCUT2D eigenvalue weighted by Crippen LogP contribution is -2.31. The summed E-state index contributed by atoms with van der Waals surface area (Å²) in [7, 11) is 1.20. The van der Waals surface area contributed by atoms with Crippen LogP contribution in [0, 0.1) is 6.92 Å². The van der Waals surface area contributed by atoms with Gasteiger partial charge in [0.05, 0.1) is 6.04 Å². The third-order valence-electron chi connectivity index (χ3n) is 4.33. The molecule has 1 fully saturated rings. The zero-order chi connectivity index (χ0) is 17.5. The molecule has 1 amide bonds. The van der Waals surface area contributed by atoms with Gasteiger partial charge in [0.1, 0.15) is 5.69 Å². The molecule has 0 spiro atoms. The molecule has 24 heavy (non-hydrogen) atoms. The van der Waals surface area contributed by atoms with E-state index in [-0.39, 0.29) is 11.7 Å². The minimum absolute atomic E-state index is 0.117. The number of benzene rings is 1. The monoisotopic (exact) mass is 337 g/mol. The first-order valence-electron chi connectivity index (χ1n) is 7.76. The number of aromatic nitrogens is 2. The van der Waals surface area contributed by atoms with Crippen LogP contribution in [-0.4, -0.2) is 27.1 Å². The highest BCUT2D eigenvalue weighted by molar-refractivity contribution is 5.93. The largest absolute Gasteiger partial charge is 0.433 e. The minimum Gasteiger partial charge on any atom is -0.330 e. The Bertz CT molecular complexity index is 767. The summed E-state index contributed by atoms with van der Waals surface area (Å²) in [6.45, 7) is 2.49. The van der Waals surface area contributed by atoms with Crippen LogP contribution in [0.3, 0.4) is 0 Å². The average Bonchev–Trinajstić information content (AvgIpc) is 3.12. The van der Waals surface area contributed by atoms with Gasteiger partial charge in [-0.3, -0.25) is 9.48 Å². The standard InChI is InChI=1S/C17H18F3N3O/c1-11-5-3-6-12(9-11)14-7-4-8-23(14)16(24)13-10-15(17(18,19)20)22(2)21-13/h3,5-6,9-10,14H,4,7-8H2,1-2H3/t14-/m1/s1. The molecule has 128 valence electrons. The zero-order valence-corrected chi connectivity index (χ0v) is 13.5. The molecule has 3 rings (SSSR count). The van der Waals surface area contributed by atoms with Crippen molar-refractivity contribution in [1.82, 2.24) is 14.7 Å². The van der Waals surface area contributed by atoms with E-state index in [0.29, 0.717) is 11.2 Å². The van der Waals surface area contributed by atoms with Crippen LogP contribution in [0.4, 0.5) is 13.2 Å². The van der Waals surface area contributed by atoms with Gasteiger partial charge >= 0.3 is 6.18 Å². The van der Waals surface area contributed by atoms with Crippen molar-refractivity contribution in [3.05, 3.63) is 52.8 Å². The van der Waals surface area contributed by atoms with Crippen LogP contribution < -0.4 is 0 Å². The smallest absolute Gasteiger partial charge is 0.330 e. The summed E-state index contributed by atoms with van der Waals surface area (Å²) in [6.07, 6.45) is -2.90. The first-order valence-corrected chi connectivity index (χ1v) is 7.76. The van der Waals surface area contributed by atoms with E-state index in [1.165, 1.54) is 7.05 Å². The fraction of sp³-hybridized carbons (Fsp3) is 0.412. The number of alkyl halides is 3. The molecule has 0 aliphatic carbocycles. The molecular weight excluding hydrogens is 319 g/mol. The lowest BCUT2D eigenvalue weighted by molar-refractivity contribution is -0.143. The van der Waals surface area contributed by atoms with Crippen LogP contribution in [0.25, 0.3) is 0 Å². The number of aryl methyl sites for hydroxylation is 2. The average molecular weight is 337 g/mol. The van der Waals surface area contributed by atoms with Gasteiger partial charge in [-0.05, 0) is 25.3 Å². The maximum atomic E-state index is 12.9. The summed E-state index contributed by atoms with van der Waals surface area (Å²) in [5.74, 6) is -0.454. The molecular formula is C17H18F3N3O. The Morgan fingerprint density at radius 2 is 2.04 bits per heavy atom. The number of likely N-dealkylation sites (tertiary alicyclic amines) is 1. The minimum atomic E-state index is -4.53. The number of halogens is 3. The van der Waals surface area contributed by atoms with E-state index in [1.54, 1.807) is 4.90 Å². The van der Waals surface area contributed by atoms with Crippen molar-refractivity contribution in [2.24, 2.45) is 7.05 Å². The molecule has 1 aliphatic heterocycles. The number of hydrogen-bond donors (Lipinski definition) is 0. The van der Waals surface area contributed by atoms with E-state index in [9.17, 15) is 18.0 Å². The normalized spacial score (nSPS) is 18.2. The molecule has 0 unspecified atom stereocenters. The summed E-state index contributed by atoms with van der Waals surface area (Å²) in [4.78, 5) is 14.3. The molecule has 4 nitrogen and oxygen atoms in total. The van der Waals surface area contributed by atoms with Crippen molar-refractivity contribution in [2.45, 2.75) is 32.0 Å². The van der Waals surface area contributed by atoms with E-state index in [0.717, 1.165) is 30.0 Å². The van der Waals surface area contributed by atoms with Crippen molar-refractivity contribution in [3.8, 4) is 0 Å². The van der Waals surface area contributed by atoms with Gasteiger partial charge in [-0.2, -0.15) is 18.3 Å². The molecule has 1 aromatic heterocycles. The number of amides is 1. The van der Waals surface area contributed by atoms with E-state index in [1.807, 2.05) is 31.2 Å². The molecule has 7 heteroatoms. The number of rotatable bonds is 2. The van der Waals surface area contributed by atoms with E-state index in [2.05, 4.69) is 5.10 Å². The summed E-state index contributed by atoms with van der Waals surface area (Å²) in [6, 6.07) is 8.56. The van der Waals surface area contributed by atoms with E-state index in [4.69, 9.17) is 0 Å². The van der Waals surface area contributed by atoms with Crippen molar-refractivity contribution >= 4 is 5.91 Å². The highest BCUT2D eigenvalue weighted by Gasteiger charge is 2.38. The molecule has 0 N–H and O–H groups in total. The van der Waals surface area contributed by atoms with Gasteiger partial charge in [0.2, 0.25) is 0 Å². The Kier molecular flexibility index (Phi) is 4.11. The molecule has 2 heterocycles. The predicted octanol–water partition coefficient (Wildman–Crippen LogP) is 3.72. The van der Waals surface area contributed by atoms with Crippen LogP contribution in [0.2, 0.25) is 0 Å². The van der Waals surface area contributed by atoms with E-state index >= 15 is 0 Å². The van der Waals surface area contributed by atoms with Crippen LogP contribution >= 0.6 is 0 Å². The maximum Gasteiger partial charge on any atom is 0.433 e. The van der Waals surface area contributed by atoms with Gasteiger partial charge < -0.3 is 4.90 Å². The molecule has 0 radical (unpaired) electrons. The Morgan fingerprint density at radius 3 is 2.67 bits per heavy atom. The molecule has 0 bridgehead atoms. The van der Waals surface area contributed by atoms with Gasteiger partial charge in [0.25, 0.3) is 5.91 Å². The van der Waals surface area contributed by atoms with Gasteiger partial charge in [-0.15, -0.1) is 0 Å². The van der Waals surface area contributed by atoms with Crippen LogP contribution in [0.1, 0.15) is 46.2 Å². The van der Waals surface area contributed by atoms with Crippen LogP contribution in [0.15, 0.2) is 30.3 Å². The molecule has 1 atom stereocenters. The van der Waals surface area contributed by atoms with E-state index < -0.39 is 17.8 Å². The van der Waals surface area contributed by atoms with Crippen LogP contribution in [-0.2, 0) is 13.2 Å². The third kappa shape index (κ3) is 3.02. The van der Waals surface area contributed by atoms with Gasteiger partial charge in [0, 0.05) is 19.7 Å². The summed E-state index contributed by atoms with van der Waals surface area (Å²) >= 11 is 0. The lowest BCUT2D eigenvalue weighted by atomic mass is 10.0. The predicted molar refractivity (Wildman–Crippen MR) is 82.4 cm³/mol. The summed E-state index contributed by atoms with van der Waals surface area (Å²) in [5, 5.41) is 3.77. The van der Waals surface area contributed by atoms with Gasteiger partial charge in [-0.25, -0.2) is 0 Å². The van der Waals surface area contributed by atoms with Crippen molar-refractivity contribution < 1.29 is 18.0 Å². The Labute approximate surface area is 137 Å². The zero-order valence-electron chi connectivity index (χ0n) is 13.5. The first-order chi connectivity index (χ1) is 11.3. The summed E-state index contributed by atoms with van der Waals surface area (Å²) in [5.41, 5.74) is 1.01. The van der Waals surface area contributed by atoms with Gasteiger partial charge in [0.15, 0.2) is 5.69 Å². The Hall–Kier alpha value is -2.31. The number of carbonyl (C=O) groups is 1. The fourth-order valence-corrected chi connectivity index (χ4v) is 3.22. The van der Waals surface area contributed by atoms with Crippen molar-refractivity contribution in [1.29, 1.82) is 0 Å². The number of carbonyl (C=O) groups excluding carboxylic acids is 1. The van der Waals surface area contributed by atoms with Crippen molar-refractivity contribution in [3.63, 3.8) is 0 Å². The second kappa shape index (κ2) is 5.96. The first kappa shape index (κ1) is 16.5. The second-order valence-electron chi connectivity index (χ2n) is 6.11. The molecule has 0 saturated carbocycles. The quantitative estimate of drug-likeness (QED) is 0.838. The fourth-order valence-electron chi connectivity index (χ4n) is 3.22. The number of hydrogen-bond acceptors (Lipinski definition) is 2. The second-order valence-corrected chi connectivity index (χ2v) is 6.11. The third-order valence-corrected chi connectivity index (χ3v) is 4.33. The van der Waals surface area contributed by atoms with Crippen LogP contribution in [0.5, 0.6) is 0 Å². The SMILES string of the molecule is Cc1cccc([C@H]2CCCN2C(=O)c2cc(C(F)(F)F)n(C)n2)c1. The Balaban J connectivity index is 1.89. The molecule has 1 aromatic carbocycles. The highest BCUT2D eigenvalue weighted by atomic mass is 19.4. The van der Waals surface area contributed by atoms with Gasteiger partial charge in [-0.1, -0.05) is 29.8 Å². The summed E-state index contributed by atoms with van der Waals surface area (Å²) < 4.78 is 39.4. The molecule has 1 saturated heterocycles. The Morgan fingerprint density at radius 1 is 1.29 bits per heavy atom. The number of nitrogens with zero attached hydrogens (tertiary/aromatic N) is 3. The maximum absolute atomic E-state index is 12.9. The lowest BCUT2D eigenvalue weighted by Gasteiger charge is -2.24.